The average Bonchev–Trinajstić information content (AvgIpc) is 3.42. The van der Waals surface area contributed by atoms with Crippen LogP contribution in [0, 0.1) is 0 Å². The van der Waals surface area contributed by atoms with Crippen molar-refractivity contribution < 1.29 is 61.1 Å². The minimum absolute atomic E-state index is 0.0700. The van der Waals surface area contributed by atoms with Crippen molar-refractivity contribution >= 4 is 79.6 Å². The first-order valence-electron chi connectivity index (χ1n) is 25.1. The van der Waals surface area contributed by atoms with Crippen LogP contribution >= 0.6 is 29.0 Å². The fourth-order valence-corrected chi connectivity index (χ4v) is 14.9. The number of nitrogens with one attached hydrogen (secondary N) is 1. The number of carbonyl (C=O) groups is 4. The second-order valence-electron chi connectivity index (χ2n) is 17.9. The Morgan fingerprint density at radius 3 is 1.17 bits per heavy atom. The molecule has 0 radical (unpaired) electrons. The van der Waals surface area contributed by atoms with Gasteiger partial charge in [-0.3, -0.25) is 23.5 Å². The number of rotatable bonds is 27. The molecule has 0 saturated carbocycles. The summed E-state index contributed by atoms with van der Waals surface area (Å²) in [4.78, 5) is 44.6. The van der Waals surface area contributed by atoms with Crippen molar-refractivity contribution in [1.29, 1.82) is 0 Å². The number of Topliss-reactive ketones (excluding diaryl/α,β-unsaturated/α-hetero) is 1. The third-order valence-corrected chi connectivity index (χ3v) is 22.2. The van der Waals surface area contributed by atoms with Gasteiger partial charge in [0.15, 0.2) is 0 Å². The van der Waals surface area contributed by atoms with Crippen molar-refractivity contribution in [1.82, 2.24) is 0 Å². The number of phenols is 1. The molecular weight excluding hydrogens is 1030 g/mol. The van der Waals surface area contributed by atoms with Crippen LogP contribution in [-0.2, 0) is 56.0 Å². The van der Waals surface area contributed by atoms with Gasteiger partial charge in [-0.2, -0.15) is 0 Å². The number of anilines is 1. The predicted molar refractivity (Wildman–Crippen MR) is 307 cm³/mol. The monoisotopic (exact) mass is 1110 g/mol. The number of carbonyl (C=O) groups excluding carboxylic acids is 4. The normalized spacial score (nSPS) is 13.8. The molecule has 18 heteroatoms. The molecule has 1 amide bonds. The molecule has 410 valence electrons. The molecule has 4 unspecified atom stereocenters. The summed E-state index contributed by atoms with van der Waals surface area (Å²) in [5.74, 6) is -0.360. The van der Waals surface area contributed by atoms with Gasteiger partial charge in [-0.15, -0.1) is 0 Å². The summed E-state index contributed by atoms with van der Waals surface area (Å²) in [7, 11) is -4.50. The van der Waals surface area contributed by atoms with E-state index in [4.69, 9.17) is 9.05 Å². The minimum atomic E-state index is -2.83. The maximum absolute atomic E-state index is 12.7. The number of methoxy groups -OCH3 is 2. The van der Waals surface area contributed by atoms with Crippen LogP contribution in [0.4, 0.5) is 5.69 Å². The zero-order valence-electron chi connectivity index (χ0n) is 44.8. The summed E-state index contributed by atoms with van der Waals surface area (Å²) in [6, 6.07) is 44.1. The largest absolute Gasteiger partial charge is 0.506 e. The molecule has 0 spiro atoms. The van der Waals surface area contributed by atoms with Crippen molar-refractivity contribution in [2.75, 3.05) is 71.7 Å². The van der Waals surface area contributed by atoms with Gasteiger partial charge in [-0.1, -0.05) is 122 Å². The highest BCUT2D eigenvalue weighted by Gasteiger charge is 2.25. The molecule has 0 saturated heterocycles. The van der Waals surface area contributed by atoms with E-state index in [-0.39, 0.29) is 35.8 Å². The average molecular weight is 1110 g/mol. The molecule has 0 bridgehead atoms. The number of ketones is 1. The van der Waals surface area contributed by atoms with Crippen LogP contribution in [0.25, 0.3) is 0 Å². The summed E-state index contributed by atoms with van der Waals surface area (Å²) in [5.41, 5.74) is 0.435. The lowest BCUT2D eigenvalue weighted by Crippen LogP contribution is -2.11. The van der Waals surface area contributed by atoms with Crippen LogP contribution in [0.3, 0.4) is 0 Å². The van der Waals surface area contributed by atoms with E-state index in [1.54, 1.807) is 43.9 Å². The van der Waals surface area contributed by atoms with E-state index in [0.29, 0.717) is 67.7 Å². The highest BCUT2D eigenvalue weighted by molar-refractivity contribution is 7.71. The maximum atomic E-state index is 12.7. The molecule has 0 fully saturated rings. The first-order chi connectivity index (χ1) is 35.8. The second-order valence-corrected chi connectivity index (χ2v) is 29.6. The van der Waals surface area contributed by atoms with E-state index in [9.17, 15) is 42.5 Å². The molecule has 14 nitrogen and oxygen atoms in total. The van der Waals surface area contributed by atoms with E-state index in [2.05, 4.69) is 14.8 Å². The van der Waals surface area contributed by atoms with Crippen LogP contribution in [0.2, 0.25) is 0 Å². The number of unbranched alkanes of at least 4 members (excludes halogenated alkanes) is 4. The molecule has 5 aromatic rings. The van der Waals surface area contributed by atoms with Crippen molar-refractivity contribution in [2.45, 2.75) is 84.0 Å². The summed E-state index contributed by atoms with van der Waals surface area (Å²) >= 11 is 0. The molecule has 0 aliphatic carbocycles. The van der Waals surface area contributed by atoms with Gasteiger partial charge in [-0.25, -0.2) is 0 Å². The van der Waals surface area contributed by atoms with Gasteiger partial charge in [0.05, 0.1) is 19.9 Å². The van der Waals surface area contributed by atoms with E-state index in [1.165, 1.54) is 34.5 Å². The van der Waals surface area contributed by atoms with Crippen LogP contribution in [-0.4, -0.2) is 95.2 Å². The lowest BCUT2D eigenvalue weighted by Gasteiger charge is -2.16. The topological polar surface area (TPSA) is 206 Å². The van der Waals surface area contributed by atoms with Gasteiger partial charge in [0, 0.05) is 85.8 Å². The summed E-state index contributed by atoms with van der Waals surface area (Å²) in [6.07, 6.45) is 9.87. The number of aromatic hydroxyl groups is 1. The first kappa shape index (κ1) is 65.9. The standard InChI is InChI=1S/C19H24NO3P.C14H21O3P.C12H17O4P.C12H17O3P/c1-24(23,16-10-4-2-5-11-16)15-9-3-6-14-19(22)20-17-12-7-8-13-18(17)21;1-13(15)9-5-4-8-12-18(16,17-2)14-10-6-3-7-11-14;1-15-12(13)9-6-10-17(14,16-2)11-7-4-3-5-8-11;1-15-12(13)9-6-10-16(2,14)11-7-4-3-5-8-11/h2,4-5,7-8,10-13,21H,3,6,9,14-15H2,1H3,(H,20,22);3,6-7,10-11H,4-5,8-9,12H2,1-2H3;3-5,7-8H,6,9-10H2,1-2H3;3-5,7-8H,6,9-10H2,1-2H3. The Hall–Kier alpha value is -5.18. The third-order valence-electron chi connectivity index (χ3n) is 11.9. The highest BCUT2D eigenvalue weighted by atomic mass is 31.2. The quantitative estimate of drug-likeness (QED) is 0.0218. The number of esters is 2. The molecule has 5 aromatic carbocycles. The lowest BCUT2D eigenvalue weighted by molar-refractivity contribution is -0.141. The predicted octanol–water partition coefficient (Wildman–Crippen LogP) is 12.0. The van der Waals surface area contributed by atoms with Gasteiger partial charge in [0.25, 0.3) is 0 Å². The molecule has 0 aromatic heterocycles. The van der Waals surface area contributed by atoms with Crippen LogP contribution in [0.1, 0.15) is 84.0 Å². The zero-order chi connectivity index (χ0) is 55.6. The van der Waals surface area contributed by atoms with Crippen LogP contribution < -0.4 is 26.5 Å². The Morgan fingerprint density at radius 1 is 0.427 bits per heavy atom. The molecule has 75 heavy (non-hydrogen) atoms. The fraction of sp³-hybridized carbons (Fsp3) is 0.404. The van der Waals surface area contributed by atoms with Crippen molar-refractivity contribution in [3.63, 3.8) is 0 Å². The number of para-hydroxylation sites is 2. The van der Waals surface area contributed by atoms with Crippen LogP contribution in [0.15, 0.2) is 146 Å². The highest BCUT2D eigenvalue weighted by Crippen LogP contribution is 2.47. The first-order valence-corrected chi connectivity index (χ1v) is 33.4. The molecule has 0 aliphatic heterocycles. The number of phenolic OH excluding ortho intramolecular Hbond substituents is 1. The molecule has 2 N–H and O–H groups in total. The fourth-order valence-electron chi connectivity index (χ4n) is 7.41. The number of ether oxygens (including phenoxy) is 2. The Labute approximate surface area is 445 Å². The molecular formula is C57H79NO13P4. The summed E-state index contributed by atoms with van der Waals surface area (Å²) < 4.78 is 69.5. The van der Waals surface area contributed by atoms with Gasteiger partial charge in [-0.05, 0) is 95.2 Å². The van der Waals surface area contributed by atoms with Crippen molar-refractivity contribution in [3.05, 3.63) is 146 Å². The minimum Gasteiger partial charge on any atom is -0.506 e. The Bertz CT molecular complexity index is 2640. The van der Waals surface area contributed by atoms with Crippen molar-refractivity contribution in [2.24, 2.45) is 0 Å². The Balaban J connectivity index is 0.000000347. The van der Waals surface area contributed by atoms with E-state index >= 15 is 0 Å². The van der Waals surface area contributed by atoms with Crippen molar-refractivity contribution in [3.8, 4) is 5.75 Å². The van der Waals surface area contributed by atoms with Gasteiger partial charge >= 0.3 is 11.9 Å². The second kappa shape index (κ2) is 36.0. The molecule has 0 heterocycles. The Morgan fingerprint density at radius 2 is 0.773 bits per heavy atom. The molecule has 0 aliphatic rings. The summed E-state index contributed by atoms with van der Waals surface area (Å²) in [5, 5.41) is 15.6. The number of hydrogen-bond donors (Lipinski definition) is 2. The summed E-state index contributed by atoms with van der Waals surface area (Å²) in [6.45, 7) is 5.19. The Kier molecular flexibility index (Phi) is 31.6. The third kappa shape index (κ3) is 26.4. The van der Waals surface area contributed by atoms with E-state index < -0.39 is 29.0 Å². The number of amides is 1. The smallest absolute Gasteiger partial charge is 0.305 e. The van der Waals surface area contributed by atoms with E-state index in [0.717, 1.165) is 54.4 Å². The molecule has 5 rings (SSSR count). The maximum Gasteiger partial charge on any atom is 0.305 e. The van der Waals surface area contributed by atoms with Gasteiger partial charge in [0.1, 0.15) is 25.8 Å². The SMILES string of the molecule is COC(=O)CCCP(=O)(OC)c1ccccc1.COC(=O)CCCP(C)(=O)c1ccccc1.COP(=O)(CCCCCC(C)=O)c1ccccc1.CP(=O)(CCCCCC(=O)Nc1ccccc1O)c1ccccc1. The molecule has 4 atom stereocenters. The number of benzene rings is 5. The van der Waals surface area contributed by atoms with Gasteiger partial charge in [0.2, 0.25) is 20.6 Å². The zero-order valence-corrected chi connectivity index (χ0v) is 48.4. The lowest BCUT2D eigenvalue weighted by atomic mass is 10.2. The van der Waals surface area contributed by atoms with Crippen LogP contribution in [0.5, 0.6) is 5.75 Å². The van der Waals surface area contributed by atoms with Gasteiger partial charge < -0.3 is 42.9 Å². The van der Waals surface area contributed by atoms with E-state index in [1.807, 2.05) is 116 Å². The number of hydrogen-bond acceptors (Lipinski definition) is 13.